The summed E-state index contributed by atoms with van der Waals surface area (Å²) in [5.41, 5.74) is 2.90. The van der Waals surface area contributed by atoms with Gasteiger partial charge in [-0.05, 0) is 35.6 Å². The van der Waals surface area contributed by atoms with E-state index in [-0.39, 0.29) is 18.2 Å². The zero-order valence-electron chi connectivity index (χ0n) is 14.3. The molecule has 0 radical (unpaired) electrons. The molecule has 0 bridgehead atoms. The van der Waals surface area contributed by atoms with Crippen LogP contribution in [0.5, 0.6) is 0 Å². The highest BCUT2D eigenvalue weighted by Crippen LogP contribution is 2.29. The van der Waals surface area contributed by atoms with E-state index in [0.717, 1.165) is 23.2 Å². The third-order valence-electron chi connectivity index (χ3n) is 4.38. The fourth-order valence-corrected chi connectivity index (χ4v) is 3.72. The van der Waals surface area contributed by atoms with E-state index in [4.69, 9.17) is 4.74 Å². The Morgan fingerprint density at radius 2 is 2.19 bits per heavy atom. The zero-order chi connectivity index (χ0) is 17.9. The molecule has 0 spiro atoms. The fourth-order valence-electron chi connectivity index (χ4n) is 3.08. The molecule has 4 heterocycles. The normalized spacial score (nSPS) is 19.4. The molecule has 0 aliphatic carbocycles. The van der Waals surface area contributed by atoms with Crippen LogP contribution >= 0.6 is 11.3 Å². The number of carbonyl (C=O) groups excluding carboxylic acids is 1. The number of urea groups is 1. The molecule has 7 nitrogen and oxygen atoms in total. The van der Waals surface area contributed by atoms with Crippen molar-refractivity contribution in [3.05, 3.63) is 53.0 Å². The van der Waals surface area contributed by atoms with Gasteiger partial charge in [0.2, 0.25) is 0 Å². The van der Waals surface area contributed by atoms with Gasteiger partial charge in [0.05, 0.1) is 11.7 Å². The maximum Gasteiger partial charge on any atom is 0.320 e. The Hall–Kier alpha value is -2.71. The average molecular weight is 369 g/mol. The van der Waals surface area contributed by atoms with Crippen molar-refractivity contribution in [2.75, 3.05) is 11.9 Å². The van der Waals surface area contributed by atoms with Crippen molar-refractivity contribution in [3.8, 4) is 11.3 Å². The second kappa shape index (κ2) is 7.27. The number of pyridine rings is 1. The summed E-state index contributed by atoms with van der Waals surface area (Å²) in [4.78, 5) is 16.5. The quantitative estimate of drug-likeness (QED) is 0.740. The Labute approximate surface area is 155 Å². The monoisotopic (exact) mass is 369 g/mol. The highest BCUT2D eigenvalue weighted by atomic mass is 32.1. The number of aryl methyl sites for hydroxylation is 1. The predicted molar refractivity (Wildman–Crippen MR) is 100 cm³/mol. The summed E-state index contributed by atoms with van der Waals surface area (Å²) in [6, 6.07) is 7.36. The third kappa shape index (κ3) is 3.47. The minimum absolute atomic E-state index is 0.0815. The van der Waals surface area contributed by atoms with Gasteiger partial charge in [-0.2, -0.15) is 16.4 Å². The molecule has 0 unspecified atom stereocenters. The van der Waals surface area contributed by atoms with Gasteiger partial charge in [-0.15, -0.1) is 0 Å². The van der Waals surface area contributed by atoms with E-state index < -0.39 is 0 Å². The van der Waals surface area contributed by atoms with Gasteiger partial charge in [0.15, 0.2) is 0 Å². The molecule has 3 aromatic rings. The van der Waals surface area contributed by atoms with Gasteiger partial charge in [0.1, 0.15) is 11.9 Å². The smallest absolute Gasteiger partial charge is 0.320 e. The second-order valence-corrected chi connectivity index (χ2v) is 6.90. The van der Waals surface area contributed by atoms with Crippen LogP contribution in [0, 0.1) is 0 Å². The topological polar surface area (TPSA) is 81.1 Å². The van der Waals surface area contributed by atoms with E-state index in [1.807, 2.05) is 42.1 Å². The standard InChI is InChI=1S/C18H19N5O2S/c1-23-16(10-15(22-23)13-5-9-26-11-13)21-18(24)20-14-4-8-25-17(14)12-2-6-19-7-3-12/h2-3,5-7,9-11,14,17H,4,8H2,1H3,(H2,20,21,24)/t14-,17+/m1/s1. The number of carbonyl (C=O) groups is 1. The summed E-state index contributed by atoms with van der Waals surface area (Å²) in [5, 5.41) is 14.4. The highest BCUT2D eigenvalue weighted by Gasteiger charge is 2.31. The van der Waals surface area contributed by atoms with Gasteiger partial charge >= 0.3 is 6.03 Å². The van der Waals surface area contributed by atoms with Crippen LogP contribution in [-0.4, -0.2) is 33.4 Å². The van der Waals surface area contributed by atoms with E-state index in [2.05, 4.69) is 20.7 Å². The zero-order valence-corrected chi connectivity index (χ0v) is 15.1. The first kappa shape index (κ1) is 16.7. The molecule has 2 atom stereocenters. The molecular formula is C18H19N5O2S. The van der Waals surface area contributed by atoms with Crippen LogP contribution < -0.4 is 10.6 Å². The number of hydrogen-bond acceptors (Lipinski definition) is 5. The van der Waals surface area contributed by atoms with Crippen molar-refractivity contribution >= 4 is 23.2 Å². The molecule has 26 heavy (non-hydrogen) atoms. The van der Waals surface area contributed by atoms with Crippen LogP contribution in [-0.2, 0) is 11.8 Å². The van der Waals surface area contributed by atoms with Crippen LogP contribution in [0.2, 0.25) is 0 Å². The first-order valence-corrected chi connectivity index (χ1v) is 9.30. The van der Waals surface area contributed by atoms with E-state index >= 15 is 0 Å². The number of aromatic nitrogens is 3. The second-order valence-electron chi connectivity index (χ2n) is 6.12. The molecule has 0 saturated carbocycles. The number of anilines is 1. The summed E-state index contributed by atoms with van der Waals surface area (Å²) >= 11 is 1.62. The Kier molecular flexibility index (Phi) is 4.68. The Morgan fingerprint density at radius 1 is 1.35 bits per heavy atom. The van der Waals surface area contributed by atoms with E-state index in [0.29, 0.717) is 12.4 Å². The number of hydrogen-bond donors (Lipinski definition) is 2. The summed E-state index contributed by atoms with van der Waals surface area (Å²) in [6.45, 7) is 0.617. The fraction of sp³-hybridized carbons (Fsp3) is 0.278. The number of ether oxygens (including phenoxy) is 1. The first-order chi connectivity index (χ1) is 12.7. The van der Waals surface area contributed by atoms with Gasteiger partial charge in [-0.3, -0.25) is 15.0 Å². The van der Waals surface area contributed by atoms with Gasteiger partial charge in [0, 0.05) is 43.1 Å². The molecule has 2 amide bonds. The van der Waals surface area contributed by atoms with E-state index in [9.17, 15) is 4.79 Å². The molecule has 0 aromatic carbocycles. The summed E-state index contributed by atoms with van der Waals surface area (Å²) in [7, 11) is 1.81. The molecule has 2 N–H and O–H groups in total. The lowest BCUT2D eigenvalue weighted by Gasteiger charge is -2.20. The molecule has 1 fully saturated rings. The van der Waals surface area contributed by atoms with Crippen LogP contribution in [0.3, 0.4) is 0 Å². The maximum absolute atomic E-state index is 12.5. The molecule has 1 aliphatic heterocycles. The molecule has 8 heteroatoms. The van der Waals surface area contributed by atoms with Gasteiger partial charge < -0.3 is 10.1 Å². The van der Waals surface area contributed by atoms with Gasteiger partial charge in [0.25, 0.3) is 0 Å². The Balaban J connectivity index is 1.43. The number of amides is 2. The van der Waals surface area contributed by atoms with Gasteiger partial charge in [-0.25, -0.2) is 4.79 Å². The van der Waals surface area contributed by atoms with E-state index in [1.165, 1.54) is 0 Å². The van der Waals surface area contributed by atoms with Crippen LogP contribution in [0.4, 0.5) is 10.6 Å². The minimum atomic E-state index is -0.264. The molecule has 1 aliphatic rings. The van der Waals surface area contributed by atoms with E-state index in [1.54, 1.807) is 28.4 Å². The SMILES string of the molecule is Cn1nc(-c2ccsc2)cc1NC(=O)N[C@@H]1CCO[C@H]1c1ccncc1. The highest BCUT2D eigenvalue weighted by molar-refractivity contribution is 7.08. The lowest BCUT2D eigenvalue weighted by Crippen LogP contribution is -2.39. The third-order valence-corrected chi connectivity index (χ3v) is 5.06. The molecular weight excluding hydrogens is 350 g/mol. The van der Waals surface area contributed by atoms with Gasteiger partial charge in [-0.1, -0.05) is 0 Å². The average Bonchev–Trinajstić information content (AvgIpc) is 3.38. The minimum Gasteiger partial charge on any atom is -0.371 e. The largest absolute Gasteiger partial charge is 0.371 e. The summed E-state index contributed by atoms with van der Waals surface area (Å²) in [5.74, 6) is 0.642. The Bertz CT molecular complexity index is 878. The lowest BCUT2D eigenvalue weighted by atomic mass is 10.0. The van der Waals surface area contributed by atoms with Crippen molar-refractivity contribution in [3.63, 3.8) is 0 Å². The number of nitrogens with zero attached hydrogens (tertiary/aromatic N) is 3. The first-order valence-electron chi connectivity index (χ1n) is 8.36. The summed E-state index contributed by atoms with van der Waals surface area (Å²) in [6.07, 6.45) is 4.08. The van der Waals surface area contributed by atoms with Crippen molar-refractivity contribution in [1.82, 2.24) is 20.1 Å². The van der Waals surface area contributed by atoms with Crippen LogP contribution in [0.15, 0.2) is 47.4 Å². The number of rotatable bonds is 4. The molecule has 134 valence electrons. The maximum atomic E-state index is 12.5. The van der Waals surface area contributed by atoms with Crippen molar-refractivity contribution < 1.29 is 9.53 Å². The van der Waals surface area contributed by atoms with Crippen molar-refractivity contribution in [2.45, 2.75) is 18.6 Å². The van der Waals surface area contributed by atoms with Crippen molar-refractivity contribution in [1.29, 1.82) is 0 Å². The number of nitrogens with one attached hydrogen (secondary N) is 2. The number of thiophene rings is 1. The summed E-state index contributed by atoms with van der Waals surface area (Å²) < 4.78 is 7.46. The Morgan fingerprint density at radius 3 is 2.96 bits per heavy atom. The molecule has 3 aromatic heterocycles. The van der Waals surface area contributed by atoms with Crippen LogP contribution in [0.25, 0.3) is 11.3 Å². The lowest BCUT2D eigenvalue weighted by molar-refractivity contribution is 0.100. The molecule has 1 saturated heterocycles. The van der Waals surface area contributed by atoms with Crippen molar-refractivity contribution in [2.24, 2.45) is 7.05 Å². The molecule has 4 rings (SSSR count). The van der Waals surface area contributed by atoms with Crippen LogP contribution in [0.1, 0.15) is 18.1 Å². The predicted octanol–water partition coefficient (Wildman–Crippen LogP) is 3.20.